The van der Waals surface area contributed by atoms with Crippen molar-refractivity contribution < 1.29 is 14.3 Å². The first kappa shape index (κ1) is 16.5. The second-order valence-corrected chi connectivity index (χ2v) is 3.68. The summed E-state index contributed by atoms with van der Waals surface area (Å²) in [5, 5.41) is 2.73. The van der Waals surface area contributed by atoms with Crippen LogP contribution < -0.4 is 20.5 Å². The largest absolute Gasteiger partial charge is 0.497 e. The molecule has 18 heavy (non-hydrogen) atoms. The third-order valence-electron chi connectivity index (χ3n) is 2.36. The molecule has 0 saturated heterocycles. The highest BCUT2D eigenvalue weighted by Crippen LogP contribution is 2.24. The molecule has 1 rings (SSSR count). The van der Waals surface area contributed by atoms with E-state index in [1.54, 1.807) is 27.2 Å². The Morgan fingerprint density at radius 3 is 2.56 bits per heavy atom. The first-order valence-corrected chi connectivity index (χ1v) is 5.32. The number of nitrogens with two attached hydrogens (primary N) is 1. The van der Waals surface area contributed by atoms with E-state index >= 15 is 0 Å². The summed E-state index contributed by atoms with van der Waals surface area (Å²) in [6.07, 6.45) is 0. The predicted molar refractivity (Wildman–Crippen MR) is 72.3 cm³/mol. The summed E-state index contributed by atoms with van der Waals surface area (Å²) in [6.45, 7) is 2.02. The number of halogens is 1. The molecule has 3 N–H and O–H groups in total. The van der Waals surface area contributed by atoms with E-state index in [4.69, 9.17) is 15.2 Å². The van der Waals surface area contributed by atoms with Crippen LogP contribution in [0.25, 0.3) is 0 Å². The van der Waals surface area contributed by atoms with Crippen molar-refractivity contribution in [1.29, 1.82) is 0 Å². The lowest BCUT2D eigenvalue weighted by molar-refractivity contribution is -0.122. The Hall–Kier alpha value is -1.46. The van der Waals surface area contributed by atoms with Crippen molar-refractivity contribution in [2.45, 2.75) is 19.5 Å². The van der Waals surface area contributed by atoms with Gasteiger partial charge in [0.2, 0.25) is 5.91 Å². The van der Waals surface area contributed by atoms with E-state index in [0.717, 1.165) is 5.56 Å². The van der Waals surface area contributed by atoms with Crippen molar-refractivity contribution in [3.05, 3.63) is 23.8 Å². The molecule has 1 amide bonds. The molecule has 1 aromatic carbocycles. The Bertz CT molecular complexity index is 397. The molecule has 1 aromatic rings. The first-order valence-electron chi connectivity index (χ1n) is 5.32. The lowest BCUT2D eigenvalue weighted by Gasteiger charge is -2.12. The van der Waals surface area contributed by atoms with Crippen LogP contribution in [0.5, 0.6) is 11.5 Å². The molecule has 0 aliphatic carbocycles. The van der Waals surface area contributed by atoms with Gasteiger partial charge in [0.1, 0.15) is 11.5 Å². The quantitative estimate of drug-likeness (QED) is 0.843. The standard InChI is InChI=1S/C12H18N2O3.ClH/c1-8(13)12(15)14-7-9-4-5-10(16-2)6-11(9)17-3;/h4-6,8H,7,13H2,1-3H3,(H,14,15);1H/t8-;/m1./s1. The van der Waals surface area contributed by atoms with Crippen LogP contribution in [0.3, 0.4) is 0 Å². The summed E-state index contributed by atoms with van der Waals surface area (Å²) in [6, 6.07) is 4.92. The number of amides is 1. The molecule has 0 aromatic heterocycles. The third-order valence-corrected chi connectivity index (χ3v) is 2.36. The third kappa shape index (κ3) is 4.43. The van der Waals surface area contributed by atoms with Gasteiger partial charge >= 0.3 is 0 Å². The van der Waals surface area contributed by atoms with Gasteiger partial charge in [0, 0.05) is 18.2 Å². The zero-order valence-corrected chi connectivity index (χ0v) is 11.5. The minimum Gasteiger partial charge on any atom is -0.497 e. The van der Waals surface area contributed by atoms with E-state index in [1.165, 1.54) is 0 Å². The Kier molecular flexibility index (Phi) is 7.16. The van der Waals surface area contributed by atoms with Gasteiger partial charge < -0.3 is 20.5 Å². The summed E-state index contributed by atoms with van der Waals surface area (Å²) in [7, 11) is 3.16. The van der Waals surface area contributed by atoms with Crippen LogP contribution in [0, 0.1) is 0 Å². The summed E-state index contributed by atoms with van der Waals surface area (Å²) < 4.78 is 10.3. The fourth-order valence-corrected chi connectivity index (χ4v) is 1.34. The maximum Gasteiger partial charge on any atom is 0.236 e. The smallest absolute Gasteiger partial charge is 0.236 e. The van der Waals surface area contributed by atoms with Gasteiger partial charge in [-0.25, -0.2) is 0 Å². The van der Waals surface area contributed by atoms with Gasteiger partial charge in [-0.05, 0) is 19.1 Å². The van der Waals surface area contributed by atoms with Gasteiger partial charge in [-0.1, -0.05) is 0 Å². The van der Waals surface area contributed by atoms with E-state index in [-0.39, 0.29) is 18.3 Å². The number of rotatable bonds is 5. The van der Waals surface area contributed by atoms with Crippen molar-refractivity contribution >= 4 is 18.3 Å². The number of hydrogen-bond acceptors (Lipinski definition) is 4. The maximum absolute atomic E-state index is 11.3. The molecule has 0 heterocycles. The molecule has 0 bridgehead atoms. The second-order valence-electron chi connectivity index (χ2n) is 3.68. The van der Waals surface area contributed by atoms with E-state index in [9.17, 15) is 4.79 Å². The predicted octanol–water partition coefficient (Wildman–Crippen LogP) is 1.09. The highest BCUT2D eigenvalue weighted by molar-refractivity contribution is 5.85. The molecule has 0 spiro atoms. The number of nitrogens with one attached hydrogen (secondary N) is 1. The van der Waals surface area contributed by atoms with Crippen molar-refractivity contribution in [2.24, 2.45) is 5.73 Å². The van der Waals surface area contributed by atoms with Crippen molar-refractivity contribution in [3.63, 3.8) is 0 Å². The minimum atomic E-state index is -0.515. The fourth-order valence-electron chi connectivity index (χ4n) is 1.34. The normalized spacial score (nSPS) is 11.1. The van der Waals surface area contributed by atoms with Crippen LogP contribution in [-0.2, 0) is 11.3 Å². The Morgan fingerprint density at radius 1 is 1.39 bits per heavy atom. The van der Waals surface area contributed by atoms with Gasteiger partial charge in [0.15, 0.2) is 0 Å². The fraction of sp³-hybridized carbons (Fsp3) is 0.417. The van der Waals surface area contributed by atoms with Gasteiger partial charge in [0.05, 0.1) is 20.3 Å². The number of ether oxygens (including phenoxy) is 2. The molecule has 5 nitrogen and oxygen atoms in total. The second kappa shape index (κ2) is 7.79. The zero-order chi connectivity index (χ0) is 12.8. The summed E-state index contributed by atoms with van der Waals surface area (Å²) in [4.78, 5) is 11.3. The SMILES string of the molecule is COc1ccc(CNC(=O)[C@@H](C)N)c(OC)c1.Cl. The van der Waals surface area contributed by atoms with E-state index in [1.807, 2.05) is 12.1 Å². The highest BCUT2D eigenvalue weighted by atomic mass is 35.5. The summed E-state index contributed by atoms with van der Waals surface area (Å²) >= 11 is 0. The lowest BCUT2D eigenvalue weighted by Crippen LogP contribution is -2.37. The minimum absolute atomic E-state index is 0. The molecule has 102 valence electrons. The van der Waals surface area contributed by atoms with Crippen molar-refractivity contribution in [1.82, 2.24) is 5.32 Å². The van der Waals surface area contributed by atoms with Crippen LogP contribution in [0.4, 0.5) is 0 Å². The highest BCUT2D eigenvalue weighted by Gasteiger charge is 2.09. The van der Waals surface area contributed by atoms with Gasteiger partial charge in [-0.2, -0.15) is 0 Å². The van der Waals surface area contributed by atoms with Crippen LogP contribution in [0.1, 0.15) is 12.5 Å². The van der Waals surface area contributed by atoms with Crippen LogP contribution in [0.15, 0.2) is 18.2 Å². The van der Waals surface area contributed by atoms with Crippen LogP contribution >= 0.6 is 12.4 Å². The number of carbonyl (C=O) groups is 1. The van der Waals surface area contributed by atoms with Crippen LogP contribution in [-0.4, -0.2) is 26.2 Å². The van der Waals surface area contributed by atoms with E-state index < -0.39 is 6.04 Å². The average Bonchev–Trinajstić information content (AvgIpc) is 2.35. The molecule has 1 atom stereocenters. The average molecular weight is 275 g/mol. The number of hydrogen-bond donors (Lipinski definition) is 2. The molecule has 6 heteroatoms. The van der Waals surface area contributed by atoms with Gasteiger partial charge in [-0.15, -0.1) is 12.4 Å². The maximum atomic E-state index is 11.3. The molecule has 0 aliphatic rings. The molecule has 0 unspecified atom stereocenters. The van der Waals surface area contributed by atoms with Crippen LogP contribution in [0.2, 0.25) is 0 Å². The Balaban J connectivity index is 0.00000289. The van der Waals surface area contributed by atoms with E-state index in [2.05, 4.69) is 5.32 Å². The first-order chi connectivity index (χ1) is 8.08. The molecule has 0 fully saturated rings. The molecule has 0 aliphatic heterocycles. The molecule has 0 saturated carbocycles. The Morgan fingerprint density at radius 2 is 2.06 bits per heavy atom. The van der Waals surface area contributed by atoms with Gasteiger partial charge in [0.25, 0.3) is 0 Å². The molecule has 0 radical (unpaired) electrons. The number of benzene rings is 1. The molecular formula is C12H19ClN2O3. The number of methoxy groups -OCH3 is 2. The van der Waals surface area contributed by atoms with Gasteiger partial charge in [-0.3, -0.25) is 4.79 Å². The summed E-state index contributed by atoms with van der Waals surface area (Å²) in [5.41, 5.74) is 6.33. The summed E-state index contributed by atoms with van der Waals surface area (Å²) in [5.74, 6) is 1.20. The zero-order valence-electron chi connectivity index (χ0n) is 10.7. The van der Waals surface area contributed by atoms with Crippen molar-refractivity contribution in [2.75, 3.05) is 14.2 Å². The van der Waals surface area contributed by atoms with E-state index in [0.29, 0.717) is 18.0 Å². The number of carbonyl (C=O) groups excluding carboxylic acids is 1. The monoisotopic (exact) mass is 274 g/mol. The Labute approximate surface area is 113 Å². The molecular weight excluding hydrogens is 256 g/mol. The topological polar surface area (TPSA) is 73.6 Å². The van der Waals surface area contributed by atoms with Crippen molar-refractivity contribution in [3.8, 4) is 11.5 Å². The lowest BCUT2D eigenvalue weighted by atomic mass is 10.2.